The molecule has 0 saturated carbocycles. The fourth-order valence-electron chi connectivity index (χ4n) is 3.70. The van der Waals surface area contributed by atoms with Gasteiger partial charge in [-0.3, -0.25) is 4.99 Å². The van der Waals surface area contributed by atoms with Crippen LogP contribution in [0.3, 0.4) is 0 Å². The number of hydrogen-bond donors (Lipinski definition) is 0. The van der Waals surface area contributed by atoms with Crippen LogP contribution in [-0.2, 0) is 9.47 Å². The molecule has 2 aromatic rings. The molecule has 2 fully saturated rings. The van der Waals surface area contributed by atoms with E-state index in [1.807, 2.05) is 19.9 Å². The van der Waals surface area contributed by atoms with Crippen molar-refractivity contribution >= 4 is 26.4 Å². The molecule has 7 heteroatoms. The summed E-state index contributed by atoms with van der Waals surface area (Å²) in [5.41, 5.74) is 8.83. The number of nitrogens with zero attached hydrogens (tertiary/aromatic N) is 2. The van der Waals surface area contributed by atoms with E-state index in [4.69, 9.17) is 29.0 Å². The third kappa shape index (κ3) is 14.6. The predicted octanol–water partition coefficient (Wildman–Crippen LogP) is 9.59. The molecule has 2 aliphatic heterocycles. The van der Waals surface area contributed by atoms with Gasteiger partial charge in [-0.1, -0.05) is 60.5 Å². The van der Waals surface area contributed by atoms with E-state index in [9.17, 15) is 0 Å². The van der Waals surface area contributed by atoms with E-state index in [1.165, 1.54) is 47.9 Å². The van der Waals surface area contributed by atoms with Gasteiger partial charge in [0.1, 0.15) is 0 Å². The Morgan fingerprint density at radius 1 is 0.778 bits per heavy atom. The minimum atomic E-state index is -0.139. The van der Waals surface area contributed by atoms with Gasteiger partial charge in [0.15, 0.2) is 0 Å². The SMILES string of the molecule is C1CCOC1.C1CCOC1.CC(/C=C(/C)[N-]c1c(C)cccc1C)=Nc1c(C)cccc1C.[Cl][Yb][Cl]. The number of benzene rings is 2. The Bertz CT molecular complexity index is 891. The second-order valence-electron chi connectivity index (χ2n) is 8.81. The summed E-state index contributed by atoms with van der Waals surface area (Å²) in [5.74, 6) is 0. The van der Waals surface area contributed by atoms with Crippen LogP contribution in [0.25, 0.3) is 5.32 Å². The molecule has 0 aliphatic carbocycles. The van der Waals surface area contributed by atoms with Crippen molar-refractivity contribution in [1.29, 1.82) is 0 Å². The Morgan fingerprint density at radius 2 is 1.17 bits per heavy atom. The molecule has 0 radical (unpaired) electrons. The van der Waals surface area contributed by atoms with E-state index in [1.54, 1.807) is 0 Å². The van der Waals surface area contributed by atoms with Crippen molar-refractivity contribution in [2.75, 3.05) is 26.4 Å². The molecule has 0 aromatic heterocycles. The summed E-state index contributed by atoms with van der Waals surface area (Å²) in [6.07, 6.45) is 7.15. The van der Waals surface area contributed by atoms with Gasteiger partial charge in [0.05, 0.1) is 5.69 Å². The van der Waals surface area contributed by atoms with Crippen molar-refractivity contribution in [2.45, 2.75) is 67.2 Å². The van der Waals surface area contributed by atoms with Gasteiger partial charge in [-0.15, -0.1) is 5.69 Å². The van der Waals surface area contributed by atoms with Crippen LogP contribution >= 0.6 is 9.27 Å². The summed E-state index contributed by atoms with van der Waals surface area (Å²) in [6.45, 7) is 16.4. The summed E-state index contributed by atoms with van der Waals surface area (Å²) in [4.78, 5) is 4.76. The van der Waals surface area contributed by atoms with Crippen LogP contribution in [0.1, 0.15) is 61.8 Å². The maximum absolute atomic E-state index is 4.94. The Balaban J connectivity index is 0.000000401. The molecule has 0 spiro atoms. The quantitative estimate of drug-likeness (QED) is 0.300. The molecule has 2 aliphatic rings. The minimum absolute atomic E-state index is 0.139. The second-order valence-corrected chi connectivity index (χ2v) is 11.3. The Morgan fingerprint density at radius 3 is 1.53 bits per heavy atom. The summed E-state index contributed by atoms with van der Waals surface area (Å²) in [6, 6.07) is 12.5. The molecule has 0 amide bonds. The molecule has 4 nitrogen and oxygen atoms in total. The fraction of sp³-hybridized carbons (Fsp3) is 0.483. The van der Waals surface area contributed by atoms with E-state index < -0.39 is 0 Å². The van der Waals surface area contributed by atoms with E-state index in [0.29, 0.717) is 0 Å². The third-order valence-corrected chi connectivity index (χ3v) is 5.53. The zero-order valence-corrected chi connectivity index (χ0v) is 25.7. The van der Waals surface area contributed by atoms with Crippen LogP contribution in [0.15, 0.2) is 53.2 Å². The first-order valence-corrected chi connectivity index (χ1v) is 16.6. The summed E-state index contributed by atoms with van der Waals surface area (Å²) < 4.78 is 19.5. The molecule has 208 valence electrons. The first-order chi connectivity index (χ1) is 17.3. The van der Waals surface area contributed by atoms with Gasteiger partial charge in [-0.2, -0.15) is 5.70 Å². The molecular formula is C29H41Cl2N2O2Yb-. The van der Waals surface area contributed by atoms with Gasteiger partial charge in [-0.25, -0.2) is 0 Å². The summed E-state index contributed by atoms with van der Waals surface area (Å²) in [5, 5.41) is 4.76. The van der Waals surface area contributed by atoms with Crippen LogP contribution in [-0.4, -0.2) is 32.1 Å². The number of aliphatic imine (C=N–C) groups is 1. The first-order valence-electron chi connectivity index (χ1n) is 12.3. The molecule has 0 unspecified atom stereocenters. The number of allylic oxidation sites excluding steroid dienone is 2. The van der Waals surface area contributed by atoms with Crippen molar-refractivity contribution < 1.29 is 48.4 Å². The average molecular weight is 694 g/mol. The van der Waals surface area contributed by atoms with Crippen molar-refractivity contribution in [3.8, 4) is 0 Å². The topological polar surface area (TPSA) is 44.9 Å². The molecule has 2 saturated heterocycles. The van der Waals surface area contributed by atoms with E-state index in [2.05, 4.69) is 64.1 Å². The molecular weight excluding hydrogens is 652 g/mol. The van der Waals surface area contributed by atoms with Gasteiger partial charge in [-0.05, 0) is 71.4 Å². The van der Waals surface area contributed by atoms with Crippen LogP contribution in [0.2, 0.25) is 0 Å². The van der Waals surface area contributed by atoms with Crippen LogP contribution < -0.4 is 0 Å². The molecule has 0 atom stereocenters. The zero-order valence-electron chi connectivity index (χ0n) is 22.4. The molecule has 36 heavy (non-hydrogen) atoms. The molecule has 0 N–H and O–H groups in total. The number of halogens is 2. The summed E-state index contributed by atoms with van der Waals surface area (Å²) >= 11 is -0.139. The van der Waals surface area contributed by atoms with Gasteiger partial charge in [0.2, 0.25) is 0 Å². The molecule has 0 bridgehead atoms. The van der Waals surface area contributed by atoms with Crippen molar-refractivity contribution in [3.63, 3.8) is 0 Å². The maximum atomic E-state index is 4.94. The molecule has 2 aromatic carbocycles. The standard InChI is InChI=1S/C21H25N2.2C4H8O.2ClH.Yb/c1-14-9-7-10-15(2)20(14)22-18(5)13-19(6)23-21-16(3)11-8-12-17(21)4;2*1-2-4-5-3-1;;;/h7-13H,1-6H3;2*1-4H2;2*1H;/q-1;;;;;+2/p-2/b18-13-,23-19?;;;;;. The Labute approximate surface area is 246 Å². The third-order valence-electron chi connectivity index (χ3n) is 5.53. The van der Waals surface area contributed by atoms with Gasteiger partial charge >= 0.3 is 48.2 Å². The number of aryl methyl sites for hydroxylation is 4. The number of rotatable bonds is 4. The Kier molecular flexibility index (Phi) is 19.3. The molecule has 4 rings (SSSR count). The average Bonchev–Trinajstić information content (AvgIpc) is 3.59. The number of hydrogen-bond acceptors (Lipinski definition) is 3. The van der Waals surface area contributed by atoms with Crippen molar-refractivity contribution in [1.82, 2.24) is 0 Å². The van der Waals surface area contributed by atoms with E-state index >= 15 is 0 Å². The van der Waals surface area contributed by atoms with Crippen LogP contribution in [0, 0.1) is 66.6 Å². The van der Waals surface area contributed by atoms with Gasteiger partial charge in [0, 0.05) is 32.1 Å². The van der Waals surface area contributed by atoms with E-state index in [0.717, 1.165) is 49.2 Å². The van der Waals surface area contributed by atoms with Crippen LogP contribution in [0.5, 0.6) is 0 Å². The summed E-state index contributed by atoms with van der Waals surface area (Å²) in [7, 11) is 0. The monoisotopic (exact) mass is 693 g/mol. The van der Waals surface area contributed by atoms with Crippen molar-refractivity contribution in [3.05, 3.63) is 75.7 Å². The van der Waals surface area contributed by atoms with Crippen LogP contribution in [0.4, 0.5) is 11.4 Å². The first kappa shape index (κ1) is 33.7. The Hall–Kier alpha value is -0.331. The fourth-order valence-corrected chi connectivity index (χ4v) is 3.70. The van der Waals surface area contributed by atoms with E-state index in [-0.39, 0.29) is 38.9 Å². The number of ether oxygens (including phenoxy) is 2. The van der Waals surface area contributed by atoms with Crippen molar-refractivity contribution in [2.24, 2.45) is 4.99 Å². The van der Waals surface area contributed by atoms with Gasteiger partial charge < -0.3 is 14.8 Å². The van der Waals surface area contributed by atoms with Gasteiger partial charge in [0.25, 0.3) is 0 Å². The zero-order chi connectivity index (χ0) is 26.8. The normalized spacial score (nSPS) is 15.2. The number of para-hydroxylation sites is 2. The predicted molar refractivity (Wildman–Crippen MR) is 153 cm³/mol. The second kappa shape index (κ2) is 20.6. The molecule has 2 heterocycles.